The molecule has 0 aromatic carbocycles. The predicted molar refractivity (Wildman–Crippen MR) is 81.6 cm³/mol. The molecule has 1 aliphatic heterocycles. The van der Waals surface area contributed by atoms with Crippen LogP contribution in [0.3, 0.4) is 0 Å². The lowest BCUT2D eigenvalue weighted by molar-refractivity contribution is -0.165. The minimum atomic E-state index is 0.0408. The zero-order valence-corrected chi connectivity index (χ0v) is 13.1. The lowest BCUT2D eigenvalue weighted by Crippen LogP contribution is -2.46. The van der Waals surface area contributed by atoms with Gasteiger partial charge in [-0.3, -0.25) is 4.90 Å². The molecule has 1 saturated heterocycles. The topological polar surface area (TPSA) is 47.7 Å². The molecule has 0 aromatic heterocycles. The zero-order valence-electron chi connectivity index (χ0n) is 13.1. The van der Waals surface area contributed by atoms with Crippen molar-refractivity contribution in [3.8, 4) is 0 Å². The Morgan fingerprint density at radius 3 is 2.65 bits per heavy atom. The minimum Gasteiger partial charge on any atom is -0.353 e. The first kappa shape index (κ1) is 16.2. The van der Waals surface area contributed by atoms with E-state index in [9.17, 15) is 0 Å². The summed E-state index contributed by atoms with van der Waals surface area (Å²) in [7, 11) is 0. The van der Waals surface area contributed by atoms with Gasteiger partial charge in [0.25, 0.3) is 0 Å². The number of ether oxygens (including phenoxy) is 2. The van der Waals surface area contributed by atoms with E-state index in [4.69, 9.17) is 15.2 Å². The molecule has 3 atom stereocenters. The molecule has 4 heteroatoms. The third-order valence-corrected chi connectivity index (χ3v) is 4.87. The first-order chi connectivity index (χ1) is 9.85. The Hall–Kier alpha value is -0.160. The van der Waals surface area contributed by atoms with Crippen molar-refractivity contribution in [3.05, 3.63) is 0 Å². The number of hydrogen-bond donors (Lipinski definition) is 1. The highest BCUT2D eigenvalue weighted by atomic mass is 16.7. The average Bonchev–Trinajstić information content (AvgIpc) is 2.53. The van der Waals surface area contributed by atoms with E-state index in [1.807, 2.05) is 0 Å². The molecule has 2 aliphatic rings. The van der Waals surface area contributed by atoms with Crippen LogP contribution in [0.4, 0.5) is 0 Å². The van der Waals surface area contributed by atoms with E-state index in [1.165, 1.54) is 38.5 Å². The second-order valence-corrected chi connectivity index (χ2v) is 6.14. The van der Waals surface area contributed by atoms with Crippen LogP contribution in [0.25, 0.3) is 0 Å². The Morgan fingerprint density at radius 1 is 1.15 bits per heavy atom. The molecule has 0 amide bonds. The summed E-state index contributed by atoms with van der Waals surface area (Å²) in [6.07, 6.45) is 8.81. The van der Waals surface area contributed by atoms with Gasteiger partial charge in [-0.15, -0.1) is 0 Å². The second kappa shape index (κ2) is 8.98. The maximum absolute atomic E-state index is 5.95. The van der Waals surface area contributed by atoms with Gasteiger partial charge in [0.05, 0.1) is 6.61 Å². The molecule has 0 aromatic rings. The summed E-state index contributed by atoms with van der Waals surface area (Å²) in [5.41, 5.74) is 5.95. The monoisotopic (exact) mass is 284 g/mol. The Balaban J connectivity index is 1.72. The molecule has 2 N–H and O–H groups in total. The van der Waals surface area contributed by atoms with Crippen molar-refractivity contribution < 1.29 is 9.47 Å². The number of likely N-dealkylation sites (N-methyl/N-ethyl adjacent to an activating group) is 1. The summed E-state index contributed by atoms with van der Waals surface area (Å²) in [6, 6.07) is 0.662. The van der Waals surface area contributed by atoms with E-state index in [1.54, 1.807) is 0 Å². The van der Waals surface area contributed by atoms with Gasteiger partial charge in [0.1, 0.15) is 0 Å². The van der Waals surface area contributed by atoms with Crippen LogP contribution < -0.4 is 5.73 Å². The fourth-order valence-corrected chi connectivity index (χ4v) is 3.65. The first-order valence-electron chi connectivity index (χ1n) is 8.52. The van der Waals surface area contributed by atoms with Crippen LogP contribution in [-0.4, -0.2) is 50.1 Å². The van der Waals surface area contributed by atoms with Crippen LogP contribution in [0, 0.1) is 5.92 Å². The molecule has 1 saturated carbocycles. The fourth-order valence-electron chi connectivity index (χ4n) is 3.65. The van der Waals surface area contributed by atoms with Crippen LogP contribution in [0.1, 0.15) is 51.9 Å². The van der Waals surface area contributed by atoms with Gasteiger partial charge >= 0.3 is 0 Å². The van der Waals surface area contributed by atoms with Crippen molar-refractivity contribution in [2.75, 3.05) is 32.8 Å². The SMILES string of the molecule is CCN(CCOC1CCCCO1)C1CCCCC1CN. The van der Waals surface area contributed by atoms with E-state index in [-0.39, 0.29) is 6.29 Å². The molecular formula is C16H32N2O2. The summed E-state index contributed by atoms with van der Waals surface area (Å²) in [6.45, 7) is 6.83. The van der Waals surface area contributed by atoms with Crippen molar-refractivity contribution in [1.29, 1.82) is 0 Å². The van der Waals surface area contributed by atoms with Gasteiger partial charge in [-0.05, 0) is 51.1 Å². The highest BCUT2D eigenvalue weighted by Crippen LogP contribution is 2.27. The number of nitrogens with zero attached hydrogens (tertiary/aromatic N) is 1. The van der Waals surface area contributed by atoms with Gasteiger partial charge in [-0.2, -0.15) is 0 Å². The number of rotatable bonds is 7. The molecule has 20 heavy (non-hydrogen) atoms. The molecule has 2 fully saturated rings. The van der Waals surface area contributed by atoms with E-state index in [2.05, 4.69) is 11.8 Å². The van der Waals surface area contributed by atoms with Crippen molar-refractivity contribution in [3.63, 3.8) is 0 Å². The van der Waals surface area contributed by atoms with Crippen LogP contribution in [-0.2, 0) is 9.47 Å². The lowest BCUT2D eigenvalue weighted by Gasteiger charge is -2.39. The number of nitrogens with two attached hydrogens (primary N) is 1. The van der Waals surface area contributed by atoms with Gasteiger partial charge < -0.3 is 15.2 Å². The van der Waals surface area contributed by atoms with Crippen molar-refractivity contribution in [2.24, 2.45) is 11.7 Å². The van der Waals surface area contributed by atoms with Crippen LogP contribution in [0.5, 0.6) is 0 Å². The van der Waals surface area contributed by atoms with Gasteiger partial charge in [-0.25, -0.2) is 0 Å². The Bertz CT molecular complexity index is 257. The molecule has 0 radical (unpaired) electrons. The average molecular weight is 284 g/mol. The maximum atomic E-state index is 5.95. The lowest BCUT2D eigenvalue weighted by atomic mass is 9.83. The van der Waals surface area contributed by atoms with Gasteiger partial charge in [0.2, 0.25) is 0 Å². The zero-order chi connectivity index (χ0) is 14.2. The summed E-state index contributed by atoms with van der Waals surface area (Å²) in [5.74, 6) is 0.676. The van der Waals surface area contributed by atoms with Crippen molar-refractivity contribution in [1.82, 2.24) is 4.90 Å². The highest BCUT2D eigenvalue weighted by Gasteiger charge is 2.28. The molecular weight excluding hydrogens is 252 g/mol. The largest absolute Gasteiger partial charge is 0.353 e. The van der Waals surface area contributed by atoms with E-state index >= 15 is 0 Å². The normalized spacial score (nSPS) is 31.6. The smallest absolute Gasteiger partial charge is 0.157 e. The van der Waals surface area contributed by atoms with Gasteiger partial charge in [-0.1, -0.05) is 19.8 Å². The van der Waals surface area contributed by atoms with E-state index in [0.29, 0.717) is 12.0 Å². The predicted octanol–water partition coefficient (Wildman–Crippen LogP) is 2.37. The van der Waals surface area contributed by atoms with Crippen LogP contribution >= 0.6 is 0 Å². The van der Waals surface area contributed by atoms with Gasteiger partial charge in [0.15, 0.2) is 6.29 Å². The Kier molecular flexibility index (Phi) is 7.28. The van der Waals surface area contributed by atoms with Crippen LogP contribution in [0.15, 0.2) is 0 Å². The van der Waals surface area contributed by atoms with Gasteiger partial charge in [0, 0.05) is 19.2 Å². The fraction of sp³-hybridized carbons (Fsp3) is 1.00. The molecule has 4 nitrogen and oxygen atoms in total. The summed E-state index contributed by atoms with van der Waals surface area (Å²) in [5, 5.41) is 0. The van der Waals surface area contributed by atoms with Crippen LogP contribution in [0.2, 0.25) is 0 Å². The Morgan fingerprint density at radius 2 is 1.95 bits per heavy atom. The maximum Gasteiger partial charge on any atom is 0.157 e. The molecule has 2 rings (SSSR count). The van der Waals surface area contributed by atoms with Crippen molar-refractivity contribution in [2.45, 2.75) is 64.2 Å². The molecule has 118 valence electrons. The van der Waals surface area contributed by atoms with Crippen molar-refractivity contribution >= 4 is 0 Å². The molecule has 0 bridgehead atoms. The Labute approximate surface area is 124 Å². The molecule has 3 unspecified atom stereocenters. The third kappa shape index (κ3) is 4.69. The summed E-state index contributed by atoms with van der Waals surface area (Å²) < 4.78 is 11.5. The molecule has 1 heterocycles. The van der Waals surface area contributed by atoms with E-state index < -0.39 is 0 Å². The summed E-state index contributed by atoms with van der Waals surface area (Å²) in [4.78, 5) is 2.57. The third-order valence-electron chi connectivity index (χ3n) is 4.87. The standard InChI is InChI=1S/C16H32N2O2/c1-2-18(15-8-4-3-7-14(15)13-17)10-12-20-16-9-5-6-11-19-16/h14-16H,2-13,17H2,1H3. The first-order valence-corrected chi connectivity index (χ1v) is 8.52. The minimum absolute atomic E-state index is 0.0408. The molecule has 1 aliphatic carbocycles. The number of hydrogen-bond acceptors (Lipinski definition) is 4. The second-order valence-electron chi connectivity index (χ2n) is 6.14. The quantitative estimate of drug-likeness (QED) is 0.780. The highest BCUT2D eigenvalue weighted by molar-refractivity contribution is 4.83. The summed E-state index contributed by atoms with van der Waals surface area (Å²) >= 11 is 0. The molecule has 0 spiro atoms. The van der Waals surface area contributed by atoms with E-state index in [0.717, 1.165) is 39.3 Å².